The van der Waals surface area contributed by atoms with Crippen molar-refractivity contribution in [3.8, 4) is 5.75 Å². The maximum atomic E-state index is 10.5. The van der Waals surface area contributed by atoms with Crippen molar-refractivity contribution in [2.24, 2.45) is 5.92 Å². The van der Waals surface area contributed by atoms with Gasteiger partial charge in [0.2, 0.25) is 0 Å². The van der Waals surface area contributed by atoms with Crippen LogP contribution in [-0.2, 0) is 16.6 Å². The Balaban J connectivity index is -0.0000000527. The second-order valence-electron chi connectivity index (χ2n) is 4.94. The van der Waals surface area contributed by atoms with Crippen LogP contribution in [0.15, 0.2) is 30.3 Å². The maximum absolute atomic E-state index is 10.5. The third-order valence-electron chi connectivity index (χ3n) is 2.51. The first-order valence-electron chi connectivity index (χ1n) is 8.29. The number of carbonyl (C=O) groups excluding carboxylic acids is 1. The number of Topliss-reactive ketones (excluding diaryl/α,β-unsaturated/α-hetero) is 1. The van der Waals surface area contributed by atoms with Crippen molar-refractivity contribution in [3.05, 3.63) is 30.3 Å². The highest BCUT2D eigenvalue weighted by Crippen LogP contribution is 2.06. The fraction of sp³-hybridized carbons (Fsp3) is 0.667. The second-order valence-corrected chi connectivity index (χ2v) is 6.42. The molecule has 0 aromatic heterocycles. The van der Waals surface area contributed by atoms with Gasteiger partial charge in [0.15, 0.2) is 0 Å². The summed E-state index contributed by atoms with van der Waals surface area (Å²) in [6.07, 6.45) is 2.18. The predicted octanol–water partition coefficient (Wildman–Crippen LogP) is 6.21. The van der Waals surface area contributed by atoms with Crippen molar-refractivity contribution in [2.75, 3.05) is 19.4 Å². The molecule has 7 heteroatoms. The molecule has 0 aliphatic carbocycles. The van der Waals surface area contributed by atoms with E-state index in [-0.39, 0.29) is 39.1 Å². The van der Waals surface area contributed by atoms with E-state index in [2.05, 4.69) is 31.0 Å². The summed E-state index contributed by atoms with van der Waals surface area (Å²) in [5.74, 6) is 1.90. The number of ether oxygens (including phenoxy) is 1. The monoisotopic (exact) mass is 427 g/mol. The molecule has 0 amide bonds. The molecular weight excluding hydrogens is 383 g/mol. The molecule has 0 unspecified atom stereocenters. The van der Waals surface area contributed by atoms with Crippen LogP contribution >= 0.6 is 7.36 Å². The minimum absolute atomic E-state index is 0. The summed E-state index contributed by atoms with van der Waals surface area (Å²) < 4.78 is 5.45. The van der Waals surface area contributed by atoms with Gasteiger partial charge in [-0.25, -0.2) is 0 Å². The molecule has 0 fully saturated rings. The van der Waals surface area contributed by atoms with E-state index in [4.69, 9.17) is 4.74 Å². The van der Waals surface area contributed by atoms with E-state index in [1.165, 1.54) is 0 Å². The van der Waals surface area contributed by atoms with Crippen LogP contribution in [0.5, 0.6) is 5.75 Å². The number of para-hydroxylation sites is 1. The number of hydrogen-bond acceptors (Lipinski definition) is 4. The van der Waals surface area contributed by atoms with Gasteiger partial charge in [-0.2, -0.15) is 0 Å². The van der Waals surface area contributed by atoms with Crippen molar-refractivity contribution < 1.29 is 9.53 Å². The number of rotatable bonds is 9. The van der Waals surface area contributed by atoms with Crippen LogP contribution in [-0.4, -0.2) is 42.0 Å². The lowest BCUT2D eigenvalue weighted by Gasteiger charge is -2.08. The fourth-order valence-corrected chi connectivity index (χ4v) is 1.96. The standard InChI is InChI=1S/C11H17NO.C5H9OPS.C2H6.3CH4.2B/c1-10(2)8-12-9-13-11-6-4-3-5-7-11;1-2-5(6)3-4-7-8;1-2;;;;;/h3-7,10,12H,8-9H2,1-2H3;2-4H2,1H3;1-2H3;3*1H4;;. The Kier molecular flexibility index (Phi) is 60.7. The summed E-state index contributed by atoms with van der Waals surface area (Å²) >= 11 is 4.64. The summed E-state index contributed by atoms with van der Waals surface area (Å²) in [6.45, 7) is 11.8. The Morgan fingerprint density at radius 1 is 1.11 bits per heavy atom. The first-order valence-corrected chi connectivity index (χ1v) is 10.4. The van der Waals surface area contributed by atoms with E-state index in [1.54, 1.807) is 0 Å². The molecule has 0 spiro atoms. The third kappa shape index (κ3) is 36.3. The largest absolute Gasteiger partial charge is 0.478 e. The number of ketones is 1. The van der Waals surface area contributed by atoms with Gasteiger partial charge in [0.25, 0.3) is 0 Å². The highest BCUT2D eigenvalue weighted by Gasteiger charge is 1.94. The van der Waals surface area contributed by atoms with E-state index in [1.807, 2.05) is 51.1 Å². The summed E-state index contributed by atoms with van der Waals surface area (Å²) in [4.78, 5) is 10.5. The van der Waals surface area contributed by atoms with Crippen molar-refractivity contribution in [1.29, 1.82) is 0 Å². The molecule has 0 heterocycles. The van der Waals surface area contributed by atoms with E-state index in [0.29, 0.717) is 31.3 Å². The number of benzene rings is 1. The molecule has 1 N–H and O–H groups in total. The fourth-order valence-electron chi connectivity index (χ4n) is 1.35. The van der Waals surface area contributed by atoms with Gasteiger partial charge in [-0.1, -0.05) is 86.9 Å². The zero-order chi connectivity index (χ0) is 17.9. The van der Waals surface area contributed by atoms with Gasteiger partial charge in [0.05, 0.1) is 0 Å². The van der Waals surface area contributed by atoms with Gasteiger partial charge in [-0.3, -0.25) is 10.1 Å². The molecule has 0 aliphatic rings. The number of nitrogens with one attached hydrogen (secondary N) is 1. The lowest BCUT2D eigenvalue weighted by atomic mass is 10.2. The first-order chi connectivity index (χ1) is 11.1. The van der Waals surface area contributed by atoms with Crippen molar-refractivity contribution in [3.63, 3.8) is 0 Å². The summed E-state index contributed by atoms with van der Waals surface area (Å²) in [6, 6.07) is 9.83. The Morgan fingerprint density at radius 3 is 2.00 bits per heavy atom. The average molecular weight is 427 g/mol. The van der Waals surface area contributed by atoms with Crippen molar-refractivity contribution in [2.45, 2.75) is 69.7 Å². The SMILES string of the molecule is C.C.C.CC.CC(C)CNCOc1ccccc1.CCC(=O)CCP=S.[B].[B]. The average Bonchev–Trinajstić information content (AvgIpc) is 2.59. The molecule has 0 saturated heterocycles. The Bertz CT molecular complexity index is 397. The first kappa shape index (κ1) is 45.8. The minimum atomic E-state index is 0. The summed E-state index contributed by atoms with van der Waals surface area (Å²) in [7, 11) is 0.912. The smallest absolute Gasteiger partial charge is 0.139 e. The van der Waals surface area contributed by atoms with Crippen LogP contribution in [0.3, 0.4) is 0 Å². The zero-order valence-electron chi connectivity index (χ0n) is 16.3. The molecule has 3 nitrogen and oxygen atoms in total. The molecule has 1 aromatic rings. The zero-order valence-corrected chi connectivity index (χ0v) is 18.0. The Hall–Kier alpha value is -0.700. The van der Waals surface area contributed by atoms with E-state index < -0.39 is 0 Å². The van der Waals surface area contributed by atoms with E-state index >= 15 is 0 Å². The molecule has 1 aromatic carbocycles. The highest BCUT2D eigenvalue weighted by molar-refractivity contribution is 7.96. The summed E-state index contributed by atoms with van der Waals surface area (Å²) in [5.41, 5.74) is 0. The molecule has 1 rings (SSSR count). The van der Waals surface area contributed by atoms with Crippen LogP contribution in [0.25, 0.3) is 0 Å². The topological polar surface area (TPSA) is 38.3 Å². The van der Waals surface area contributed by atoms with Gasteiger partial charge < -0.3 is 4.74 Å². The van der Waals surface area contributed by atoms with Crippen molar-refractivity contribution in [1.82, 2.24) is 5.32 Å². The Morgan fingerprint density at radius 2 is 1.61 bits per heavy atom. The molecule has 0 bridgehead atoms. The van der Waals surface area contributed by atoms with Crippen LogP contribution in [0.2, 0.25) is 0 Å². The van der Waals surface area contributed by atoms with Gasteiger partial charge in [-0.05, 0) is 25.4 Å². The molecule has 0 saturated carbocycles. The molecular formula is C21H44B2NO2PS. The van der Waals surface area contributed by atoms with Gasteiger partial charge >= 0.3 is 0 Å². The van der Waals surface area contributed by atoms with Gasteiger partial charge in [0, 0.05) is 42.4 Å². The Labute approximate surface area is 187 Å². The molecule has 0 aliphatic heterocycles. The van der Waals surface area contributed by atoms with Gasteiger partial charge in [0.1, 0.15) is 18.3 Å². The van der Waals surface area contributed by atoms with Crippen LogP contribution in [0.1, 0.15) is 69.7 Å². The molecule has 28 heavy (non-hydrogen) atoms. The normalized spacial score (nSPS) is 7.79. The maximum Gasteiger partial charge on any atom is 0.139 e. The lowest BCUT2D eigenvalue weighted by Crippen LogP contribution is -2.24. The van der Waals surface area contributed by atoms with Crippen molar-refractivity contribution >= 4 is 41.8 Å². The molecule has 162 valence electrons. The number of hydrogen-bond donors (Lipinski definition) is 1. The van der Waals surface area contributed by atoms with Crippen LogP contribution in [0.4, 0.5) is 0 Å². The summed E-state index contributed by atoms with van der Waals surface area (Å²) in [5, 5.41) is 3.21. The van der Waals surface area contributed by atoms with Gasteiger partial charge in [-0.15, -0.1) is 0 Å². The van der Waals surface area contributed by atoms with Crippen LogP contribution < -0.4 is 10.1 Å². The quantitative estimate of drug-likeness (QED) is 0.220. The third-order valence-corrected chi connectivity index (χ3v) is 3.47. The lowest BCUT2D eigenvalue weighted by molar-refractivity contribution is -0.118. The van der Waals surface area contributed by atoms with E-state index in [0.717, 1.165) is 25.8 Å². The van der Waals surface area contributed by atoms with Crippen LogP contribution in [0, 0.1) is 5.92 Å². The molecule has 0 atom stereocenters. The molecule has 6 radical (unpaired) electrons. The number of carbonyl (C=O) groups is 1. The van der Waals surface area contributed by atoms with E-state index in [9.17, 15) is 4.79 Å². The predicted molar refractivity (Wildman–Crippen MR) is 137 cm³/mol. The second kappa shape index (κ2) is 37.1. The minimum Gasteiger partial charge on any atom is -0.478 e. The highest BCUT2D eigenvalue weighted by atomic mass is 32.4.